The van der Waals surface area contributed by atoms with Gasteiger partial charge >= 0.3 is 0 Å². The third-order valence-electron chi connectivity index (χ3n) is 4.80. The third kappa shape index (κ3) is 5.45. The highest BCUT2D eigenvalue weighted by molar-refractivity contribution is 6.74. The highest BCUT2D eigenvalue weighted by Crippen LogP contribution is 2.37. The Balaban J connectivity index is 2.68. The molecule has 0 aliphatic heterocycles. The van der Waals surface area contributed by atoms with Crippen molar-refractivity contribution in [1.29, 1.82) is 0 Å². The van der Waals surface area contributed by atoms with E-state index in [1.165, 1.54) is 0 Å². The second-order valence-electron chi connectivity index (χ2n) is 7.58. The summed E-state index contributed by atoms with van der Waals surface area (Å²) in [4.78, 5) is 0. The highest BCUT2D eigenvalue weighted by atomic mass is 35.5. The zero-order valence-electron chi connectivity index (χ0n) is 14.7. The summed E-state index contributed by atoms with van der Waals surface area (Å²) in [6.07, 6.45) is 1.26. The first-order chi connectivity index (χ1) is 10.4. The molecule has 0 amide bonds. The van der Waals surface area contributed by atoms with Crippen LogP contribution >= 0.6 is 23.2 Å². The van der Waals surface area contributed by atoms with Gasteiger partial charge in [-0.25, -0.2) is 0 Å². The van der Waals surface area contributed by atoms with Gasteiger partial charge in [-0.15, -0.1) is 0 Å². The second kappa shape index (κ2) is 7.85. The van der Waals surface area contributed by atoms with Crippen LogP contribution in [0.5, 0.6) is 0 Å². The quantitative estimate of drug-likeness (QED) is 0.522. The van der Waals surface area contributed by atoms with E-state index in [2.05, 4.69) is 33.9 Å². The van der Waals surface area contributed by atoms with Crippen LogP contribution in [0.3, 0.4) is 0 Å². The van der Waals surface area contributed by atoms with E-state index < -0.39 is 13.9 Å². The van der Waals surface area contributed by atoms with Gasteiger partial charge in [0.15, 0.2) is 8.32 Å². The topological polar surface area (TPSA) is 55.5 Å². The molecular formula is C17H29Cl2NO2Si. The molecule has 23 heavy (non-hydrogen) atoms. The molecule has 1 aromatic carbocycles. The van der Waals surface area contributed by atoms with Crippen molar-refractivity contribution < 1.29 is 9.53 Å². The standard InChI is InChI=1S/C17H29Cl2NO2Si/c1-16(2,3)23(4,5)22-10-6-9-17(21,12-20)13-7-8-14(18)15(19)11-13/h7-8,11,21H,6,9-10,12,20H2,1-5H3/t17-/m0/s1. The van der Waals surface area contributed by atoms with Crippen molar-refractivity contribution in [3.05, 3.63) is 33.8 Å². The summed E-state index contributed by atoms with van der Waals surface area (Å²) in [6, 6.07) is 5.15. The number of hydrogen-bond donors (Lipinski definition) is 2. The monoisotopic (exact) mass is 377 g/mol. The second-order valence-corrected chi connectivity index (χ2v) is 13.2. The lowest BCUT2D eigenvalue weighted by Gasteiger charge is -2.36. The Morgan fingerprint density at radius 3 is 2.26 bits per heavy atom. The van der Waals surface area contributed by atoms with Crippen LogP contribution in [0.15, 0.2) is 18.2 Å². The Labute approximate surface area is 151 Å². The molecule has 0 heterocycles. The van der Waals surface area contributed by atoms with E-state index >= 15 is 0 Å². The molecule has 0 aromatic heterocycles. The minimum Gasteiger partial charge on any atom is -0.417 e. The molecule has 0 bridgehead atoms. The molecule has 6 heteroatoms. The van der Waals surface area contributed by atoms with Crippen molar-refractivity contribution in [3.8, 4) is 0 Å². The van der Waals surface area contributed by atoms with Gasteiger partial charge in [0.25, 0.3) is 0 Å². The predicted molar refractivity (Wildman–Crippen MR) is 102 cm³/mol. The van der Waals surface area contributed by atoms with E-state index in [-0.39, 0.29) is 11.6 Å². The first-order valence-corrected chi connectivity index (χ1v) is 11.6. The molecule has 3 nitrogen and oxygen atoms in total. The Hall–Kier alpha value is -0.103. The van der Waals surface area contributed by atoms with Crippen molar-refractivity contribution in [2.75, 3.05) is 13.2 Å². The lowest BCUT2D eigenvalue weighted by molar-refractivity contribution is 0.0303. The maximum absolute atomic E-state index is 10.8. The van der Waals surface area contributed by atoms with Crippen molar-refractivity contribution in [2.45, 2.75) is 57.3 Å². The molecule has 0 spiro atoms. The lowest BCUT2D eigenvalue weighted by Crippen LogP contribution is -2.41. The minimum absolute atomic E-state index is 0.130. The van der Waals surface area contributed by atoms with Crippen LogP contribution in [0.1, 0.15) is 39.2 Å². The average molecular weight is 378 g/mol. The van der Waals surface area contributed by atoms with Crippen LogP contribution in [-0.4, -0.2) is 26.6 Å². The van der Waals surface area contributed by atoms with Gasteiger partial charge in [0.2, 0.25) is 0 Å². The normalized spacial score (nSPS) is 15.5. The first-order valence-electron chi connectivity index (χ1n) is 7.95. The Kier molecular flexibility index (Phi) is 7.15. The number of benzene rings is 1. The molecule has 1 aromatic rings. The molecular weight excluding hydrogens is 349 g/mol. The SMILES string of the molecule is CC(C)(C)[Si](C)(C)OCCC[C@](O)(CN)c1ccc(Cl)c(Cl)c1. The van der Waals surface area contributed by atoms with Gasteiger partial charge in [0.1, 0.15) is 5.60 Å². The van der Waals surface area contributed by atoms with E-state index in [1.807, 2.05) is 0 Å². The van der Waals surface area contributed by atoms with Crippen LogP contribution in [0.25, 0.3) is 0 Å². The molecule has 0 unspecified atom stereocenters. The van der Waals surface area contributed by atoms with Crippen molar-refractivity contribution in [1.82, 2.24) is 0 Å². The summed E-state index contributed by atoms with van der Waals surface area (Å²) in [5.74, 6) is 0. The van der Waals surface area contributed by atoms with Crippen LogP contribution in [0.2, 0.25) is 28.2 Å². The first kappa shape index (κ1) is 20.9. The number of aliphatic hydroxyl groups is 1. The van der Waals surface area contributed by atoms with Gasteiger partial charge in [0.05, 0.1) is 10.0 Å². The maximum atomic E-state index is 10.8. The largest absolute Gasteiger partial charge is 0.417 e. The fraction of sp³-hybridized carbons (Fsp3) is 0.647. The predicted octanol–water partition coefficient (Wildman–Crippen LogP) is 4.94. The molecule has 0 aliphatic carbocycles. The number of nitrogens with two attached hydrogens (primary N) is 1. The highest BCUT2D eigenvalue weighted by Gasteiger charge is 2.37. The Morgan fingerprint density at radius 2 is 1.78 bits per heavy atom. The van der Waals surface area contributed by atoms with Gasteiger partial charge in [-0.1, -0.05) is 50.0 Å². The number of hydrogen-bond acceptors (Lipinski definition) is 3. The summed E-state index contributed by atoms with van der Waals surface area (Å²) in [5.41, 5.74) is 5.40. The third-order valence-corrected chi connectivity index (χ3v) is 10.1. The van der Waals surface area contributed by atoms with E-state index in [1.54, 1.807) is 18.2 Å². The fourth-order valence-electron chi connectivity index (χ4n) is 2.06. The summed E-state index contributed by atoms with van der Waals surface area (Å²) in [5, 5.41) is 11.9. The number of halogens is 2. The molecule has 0 saturated carbocycles. The summed E-state index contributed by atoms with van der Waals surface area (Å²) in [7, 11) is -1.76. The molecule has 0 aliphatic rings. The van der Waals surface area contributed by atoms with Crippen molar-refractivity contribution in [2.24, 2.45) is 5.73 Å². The molecule has 0 radical (unpaired) electrons. The van der Waals surface area contributed by atoms with E-state index in [4.69, 9.17) is 33.4 Å². The Bertz CT molecular complexity index is 532. The lowest BCUT2D eigenvalue weighted by atomic mass is 9.89. The van der Waals surface area contributed by atoms with Crippen LogP contribution in [-0.2, 0) is 10.0 Å². The summed E-state index contributed by atoms with van der Waals surface area (Å²) in [6.45, 7) is 11.8. The molecule has 0 fully saturated rings. The van der Waals surface area contributed by atoms with E-state index in [9.17, 15) is 5.11 Å². The molecule has 132 valence electrons. The van der Waals surface area contributed by atoms with Gasteiger partial charge in [-0.2, -0.15) is 0 Å². The zero-order valence-corrected chi connectivity index (χ0v) is 17.3. The van der Waals surface area contributed by atoms with Crippen molar-refractivity contribution >= 4 is 31.5 Å². The van der Waals surface area contributed by atoms with E-state index in [0.717, 1.165) is 6.42 Å². The van der Waals surface area contributed by atoms with Crippen molar-refractivity contribution in [3.63, 3.8) is 0 Å². The summed E-state index contributed by atoms with van der Waals surface area (Å²) >= 11 is 12.0. The molecule has 3 N–H and O–H groups in total. The van der Waals surface area contributed by atoms with Gasteiger partial charge in [-0.05, 0) is 48.7 Å². The van der Waals surface area contributed by atoms with Crippen LogP contribution < -0.4 is 5.73 Å². The van der Waals surface area contributed by atoms with Crippen LogP contribution in [0, 0.1) is 0 Å². The average Bonchev–Trinajstić information content (AvgIpc) is 2.45. The smallest absolute Gasteiger partial charge is 0.191 e. The summed E-state index contributed by atoms with van der Waals surface area (Å²) < 4.78 is 6.15. The fourth-order valence-corrected chi connectivity index (χ4v) is 3.44. The van der Waals surface area contributed by atoms with Gasteiger partial charge < -0.3 is 15.3 Å². The molecule has 1 atom stereocenters. The van der Waals surface area contributed by atoms with E-state index in [0.29, 0.717) is 28.6 Å². The molecule has 0 saturated heterocycles. The number of rotatable bonds is 7. The van der Waals surface area contributed by atoms with Gasteiger partial charge in [-0.3, -0.25) is 0 Å². The van der Waals surface area contributed by atoms with Crippen LogP contribution in [0.4, 0.5) is 0 Å². The molecule has 1 rings (SSSR count). The van der Waals surface area contributed by atoms with Gasteiger partial charge in [0, 0.05) is 13.2 Å². The minimum atomic E-state index is -1.76. The zero-order chi connectivity index (χ0) is 17.9. The Morgan fingerprint density at radius 1 is 1.17 bits per heavy atom. The maximum Gasteiger partial charge on any atom is 0.191 e.